The molecule has 5 nitrogen and oxygen atoms in total. The van der Waals surface area contributed by atoms with Gasteiger partial charge in [0.15, 0.2) is 11.6 Å². The maximum absolute atomic E-state index is 13.6. The summed E-state index contributed by atoms with van der Waals surface area (Å²) in [5.74, 6) is -0.477. The zero-order valence-corrected chi connectivity index (χ0v) is 14.9. The molecular weight excluding hydrogens is 325 g/mol. The van der Waals surface area contributed by atoms with Gasteiger partial charge in [0.2, 0.25) is 0 Å². The van der Waals surface area contributed by atoms with Crippen LogP contribution in [0.1, 0.15) is 36.5 Å². The largest absolute Gasteiger partial charge is 0.494 e. The van der Waals surface area contributed by atoms with E-state index in [9.17, 15) is 9.18 Å². The van der Waals surface area contributed by atoms with Crippen LogP contribution < -0.4 is 4.74 Å². The van der Waals surface area contributed by atoms with Gasteiger partial charge in [-0.15, -0.1) is 0 Å². The van der Waals surface area contributed by atoms with Crippen LogP contribution in [0.15, 0.2) is 18.2 Å². The Kier molecular flexibility index (Phi) is 5.59. The molecule has 25 heavy (non-hydrogen) atoms. The molecule has 2 aliphatic heterocycles. The first kappa shape index (κ1) is 18.1. The lowest BCUT2D eigenvalue weighted by atomic mass is 9.73. The average Bonchev–Trinajstić information content (AvgIpc) is 2.65. The quantitative estimate of drug-likeness (QED) is 0.818. The Morgan fingerprint density at radius 2 is 2.32 bits per heavy atom. The van der Waals surface area contributed by atoms with Crippen molar-refractivity contribution in [2.24, 2.45) is 5.41 Å². The van der Waals surface area contributed by atoms with Crippen LogP contribution in [0.25, 0.3) is 0 Å². The summed E-state index contributed by atoms with van der Waals surface area (Å²) in [7, 11) is 1.40. The van der Waals surface area contributed by atoms with Crippen molar-refractivity contribution in [2.75, 3.05) is 40.0 Å². The number of nitrogens with zero attached hydrogens (tertiary/aromatic N) is 1. The summed E-state index contributed by atoms with van der Waals surface area (Å²) < 4.78 is 30.3. The molecule has 0 unspecified atom stereocenters. The average molecular weight is 351 g/mol. The minimum Gasteiger partial charge on any atom is -0.494 e. The Bertz CT molecular complexity index is 623. The summed E-state index contributed by atoms with van der Waals surface area (Å²) in [5, 5.41) is 0. The van der Waals surface area contributed by atoms with Crippen molar-refractivity contribution in [2.45, 2.75) is 32.3 Å². The Balaban J connectivity index is 1.79. The number of amides is 1. The van der Waals surface area contributed by atoms with Crippen molar-refractivity contribution in [1.82, 2.24) is 4.90 Å². The van der Waals surface area contributed by atoms with Gasteiger partial charge in [-0.25, -0.2) is 4.39 Å². The van der Waals surface area contributed by atoms with Crippen molar-refractivity contribution < 1.29 is 23.4 Å². The van der Waals surface area contributed by atoms with E-state index in [1.807, 2.05) is 11.8 Å². The highest BCUT2D eigenvalue weighted by Gasteiger charge is 2.47. The molecule has 2 fully saturated rings. The molecule has 2 heterocycles. The standard InChI is InChI=1S/C19H26FNO4/c1-3-24-13-19-8-4-10-25-17(19)7-9-21(12-19)18(22)14-5-6-15(20)16(11-14)23-2/h5-6,11,17H,3-4,7-10,12-13H2,1-2H3/t17-,19-/m1/s1. The molecule has 0 aromatic heterocycles. The molecule has 6 heteroatoms. The monoisotopic (exact) mass is 351 g/mol. The molecule has 0 bridgehead atoms. The molecule has 0 aliphatic carbocycles. The van der Waals surface area contributed by atoms with Gasteiger partial charge in [-0.3, -0.25) is 4.79 Å². The first-order valence-corrected chi connectivity index (χ1v) is 8.92. The number of hydrogen-bond donors (Lipinski definition) is 0. The summed E-state index contributed by atoms with van der Waals surface area (Å²) in [6.45, 7) is 5.25. The van der Waals surface area contributed by atoms with E-state index < -0.39 is 5.82 Å². The van der Waals surface area contributed by atoms with Gasteiger partial charge in [0, 0.05) is 37.3 Å². The number of carbonyl (C=O) groups excluding carboxylic acids is 1. The van der Waals surface area contributed by atoms with Gasteiger partial charge in [0.25, 0.3) is 5.91 Å². The SMILES string of the molecule is CCOC[C@]12CCCO[C@@H]1CCN(C(=O)c1ccc(F)c(OC)c1)C2. The van der Waals surface area contributed by atoms with Crippen molar-refractivity contribution in [3.05, 3.63) is 29.6 Å². The molecule has 1 aromatic rings. The topological polar surface area (TPSA) is 48.0 Å². The Morgan fingerprint density at radius 3 is 3.08 bits per heavy atom. The highest BCUT2D eigenvalue weighted by atomic mass is 19.1. The zero-order chi connectivity index (χ0) is 17.9. The van der Waals surface area contributed by atoms with Crippen LogP contribution in [-0.4, -0.2) is 56.9 Å². The van der Waals surface area contributed by atoms with E-state index in [2.05, 4.69) is 0 Å². The molecule has 0 spiro atoms. The molecule has 0 radical (unpaired) electrons. The van der Waals surface area contributed by atoms with Crippen LogP contribution in [0, 0.1) is 11.2 Å². The third-order valence-electron chi connectivity index (χ3n) is 5.27. The number of hydrogen-bond acceptors (Lipinski definition) is 4. The summed E-state index contributed by atoms with van der Waals surface area (Å²) >= 11 is 0. The highest BCUT2D eigenvalue weighted by Crippen LogP contribution is 2.41. The van der Waals surface area contributed by atoms with Gasteiger partial charge >= 0.3 is 0 Å². The van der Waals surface area contributed by atoms with Crippen LogP contribution in [0.5, 0.6) is 5.75 Å². The normalized spacial score (nSPS) is 26.2. The molecule has 138 valence electrons. The summed E-state index contributed by atoms with van der Waals surface area (Å²) in [6, 6.07) is 4.26. The number of likely N-dealkylation sites (tertiary alicyclic amines) is 1. The van der Waals surface area contributed by atoms with Crippen molar-refractivity contribution in [1.29, 1.82) is 0 Å². The van der Waals surface area contributed by atoms with E-state index in [4.69, 9.17) is 14.2 Å². The lowest BCUT2D eigenvalue weighted by Crippen LogP contribution is -2.58. The van der Waals surface area contributed by atoms with Crippen LogP contribution in [-0.2, 0) is 9.47 Å². The number of ether oxygens (including phenoxy) is 3. The summed E-state index contributed by atoms with van der Waals surface area (Å²) in [6.07, 6.45) is 2.92. The van der Waals surface area contributed by atoms with Gasteiger partial charge in [0.05, 0.1) is 19.8 Å². The molecule has 1 amide bonds. The van der Waals surface area contributed by atoms with Gasteiger partial charge in [-0.05, 0) is 44.4 Å². The predicted octanol–water partition coefficient (Wildman–Crippen LogP) is 2.88. The predicted molar refractivity (Wildman–Crippen MR) is 91.4 cm³/mol. The van der Waals surface area contributed by atoms with Crippen LogP contribution in [0.3, 0.4) is 0 Å². The molecule has 2 saturated heterocycles. The first-order valence-electron chi connectivity index (χ1n) is 8.92. The maximum atomic E-state index is 13.6. The minimum atomic E-state index is -0.466. The molecule has 2 atom stereocenters. The van der Waals surface area contributed by atoms with Gasteiger partial charge in [0.1, 0.15) is 0 Å². The molecule has 3 rings (SSSR count). The lowest BCUT2D eigenvalue weighted by molar-refractivity contribution is -0.146. The summed E-state index contributed by atoms with van der Waals surface area (Å²) in [5.41, 5.74) is 0.298. The van der Waals surface area contributed by atoms with E-state index >= 15 is 0 Å². The molecular formula is C19H26FNO4. The van der Waals surface area contributed by atoms with E-state index in [1.165, 1.54) is 25.3 Å². The van der Waals surface area contributed by atoms with E-state index in [-0.39, 0.29) is 23.2 Å². The number of carbonyl (C=O) groups is 1. The Labute approximate surface area is 148 Å². The molecule has 0 N–H and O–H groups in total. The molecule has 0 saturated carbocycles. The van der Waals surface area contributed by atoms with Crippen molar-refractivity contribution >= 4 is 5.91 Å². The number of benzene rings is 1. The van der Waals surface area contributed by atoms with E-state index in [0.717, 1.165) is 25.9 Å². The van der Waals surface area contributed by atoms with Gasteiger partial charge < -0.3 is 19.1 Å². The smallest absolute Gasteiger partial charge is 0.254 e. The number of piperidine rings is 1. The highest BCUT2D eigenvalue weighted by molar-refractivity contribution is 5.94. The first-order chi connectivity index (χ1) is 12.1. The number of methoxy groups -OCH3 is 1. The van der Waals surface area contributed by atoms with Gasteiger partial charge in [-0.1, -0.05) is 0 Å². The zero-order valence-electron chi connectivity index (χ0n) is 14.9. The number of fused-ring (bicyclic) bond motifs is 1. The van der Waals surface area contributed by atoms with Crippen LogP contribution >= 0.6 is 0 Å². The molecule has 1 aromatic carbocycles. The number of halogens is 1. The number of rotatable bonds is 5. The second kappa shape index (κ2) is 7.70. The second-order valence-electron chi connectivity index (χ2n) is 6.83. The van der Waals surface area contributed by atoms with Crippen LogP contribution in [0.4, 0.5) is 4.39 Å². The van der Waals surface area contributed by atoms with Gasteiger partial charge in [-0.2, -0.15) is 0 Å². The fourth-order valence-corrected chi connectivity index (χ4v) is 3.96. The van der Waals surface area contributed by atoms with E-state index in [1.54, 1.807) is 0 Å². The Hall–Kier alpha value is -1.66. The van der Waals surface area contributed by atoms with Crippen molar-refractivity contribution in [3.63, 3.8) is 0 Å². The maximum Gasteiger partial charge on any atom is 0.254 e. The second-order valence-corrected chi connectivity index (χ2v) is 6.83. The van der Waals surface area contributed by atoms with Crippen LogP contribution in [0.2, 0.25) is 0 Å². The lowest BCUT2D eigenvalue weighted by Gasteiger charge is -2.50. The summed E-state index contributed by atoms with van der Waals surface area (Å²) in [4.78, 5) is 14.8. The Morgan fingerprint density at radius 1 is 1.48 bits per heavy atom. The van der Waals surface area contributed by atoms with E-state index in [0.29, 0.717) is 31.9 Å². The fraction of sp³-hybridized carbons (Fsp3) is 0.632. The fourth-order valence-electron chi connectivity index (χ4n) is 3.96. The minimum absolute atomic E-state index is 0.0887. The third-order valence-corrected chi connectivity index (χ3v) is 5.27. The third kappa shape index (κ3) is 3.65. The molecule has 2 aliphatic rings. The van der Waals surface area contributed by atoms with Crippen molar-refractivity contribution in [3.8, 4) is 5.75 Å².